The minimum Gasteiger partial charge on any atom is -0.321 e. The van der Waals surface area contributed by atoms with E-state index >= 15 is 0 Å². The summed E-state index contributed by atoms with van der Waals surface area (Å²) in [4.78, 5) is 8.57. The molecule has 1 N–H and O–H groups in total. The minimum atomic E-state index is -3.35. The first-order valence-electron chi connectivity index (χ1n) is 2.14. The lowest BCUT2D eigenvalue weighted by Crippen LogP contribution is -1.75. The van der Waals surface area contributed by atoms with Crippen molar-refractivity contribution in [3.63, 3.8) is 0 Å². The molecule has 0 aliphatic heterocycles. The standard InChI is InChI=1S/C4H9O3P/c1-3-4-8(5,6)7-2/h3-4H,1-2H3,(H,5,6)/b4-3-. The Morgan fingerprint density at radius 3 is 2.38 bits per heavy atom. The molecule has 3 nitrogen and oxygen atoms in total. The van der Waals surface area contributed by atoms with E-state index in [0.29, 0.717) is 0 Å². The van der Waals surface area contributed by atoms with Gasteiger partial charge in [0.05, 0.1) is 0 Å². The van der Waals surface area contributed by atoms with Gasteiger partial charge in [0.15, 0.2) is 0 Å². The molecular formula is C4H9O3P. The van der Waals surface area contributed by atoms with E-state index in [2.05, 4.69) is 4.52 Å². The van der Waals surface area contributed by atoms with Crippen LogP contribution in [0.2, 0.25) is 0 Å². The first kappa shape index (κ1) is 7.89. The number of hydrogen-bond donors (Lipinski definition) is 1. The Balaban J connectivity index is 3.93. The third-order valence-electron chi connectivity index (χ3n) is 0.599. The smallest absolute Gasteiger partial charge is 0.321 e. The van der Waals surface area contributed by atoms with E-state index in [1.54, 1.807) is 6.92 Å². The number of hydrogen-bond acceptors (Lipinski definition) is 2. The average molecular weight is 136 g/mol. The first-order chi connectivity index (χ1) is 3.62. The van der Waals surface area contributed by atoms with Gasteiger partial charge in [0, 0.05) is 12.9 Å². The molecule has 4 heteroatoms. The van der Waals surface area contributed by atoms with E-state index in [0.717, 1.165) is 5.82 Å². The van der Waals surface area contributed by atoms with Crippen LogP contribution in [0, 0.1) is 0 Å². The second-order valence-corrected chi connectivity index (χ2v) is 3.02. The minimum absolute atomic E-state index is 1.13. The molecule has 0 heterocycles. The van der Waals surface area contributed by atoms with E-state index in [4.69, 9.17) is 4.89 Å². The van der Waals surface area contributed by atoms with Gasteiger partial charge in [0.2, 0.25) is 0 Å². The van der Waals surface area contributed by atoms with Crippen LogP contribution < -0.4 is 0 Å². The van der Waals surface area contributed by atoms with Gasteiger partial charge >= 0.3 is 7.60 Å². The van der Waals surface area contributed by atoms with Gasteiger partial charge in [-0.05, 0) is 6.92 Å². The number of allylic oxidation sites excluding steroid dienone is 1. The molecule has 1 unspecified atom stereocenters. The van der Waals surface area contributed by atoms with E-state index < -0.39 is 7.60 Å². The Morgan fingerprint density at radius 2 is 2.25 bits per heavy atom. The van der Waals surface area contributed by atoms with Gasteiger partial charge in [0.25, 0.3) is 0 Å². The predicted octanol–water partition coefficient (Wildman–Crippen LogP) is 1.35. The zero-order valence-electron chi connectivity index (χ0n) is 4.87. The Labute approximate surface area is 48.5 Å². The van der Waals surface area contributed by atoms with Crippen LogP contribution in [0.5, 0.6) is 0 Å². The highest BCUT2D eigenvalue weighted by Crippen LogP contribution is 2.41. The average Bonchev–Trinajstić information content (AvgIpc) is 1.67. The van der Waals surface area contributed by atoms with Gasteiger partial charge in [-0.2, -0.15) is 0 Å². The highest BCUT2D eigenvalue weighted by molar-refractivity contribution is 7.56. The topological polar surface area (TPSA) is 46.5 Å². The molecule has 0 bridgehead atoms. The summed E-state index contributed by atoms with van der Waals surface area (Å²) >= 11 is 0. The first-order valence-corrected chi connectivity index (χ1v) is 3.79. The van der Waals surface area contributed by atoms with Crippen molar-refractivity contribution in [1.82, 2.24) is 0 Å². The maximum absolute atomic E-state index is 10.4. The fourth-order valence-corrected chi connectivity index (χ4v) is 0.748. The van der Waals surface area contributed by atoms with E-state index in [1.807, 2.05) is 0 Å². The summed E-state index contributed by atoms with van der Waals surface area (Å²) in [6, 6.07) is 0. The fraction of sp³-hybridized carbons (Fsp3) is 0.500. The lowest BCUT2D eigenvalue weighted by atomic mass is 10.8. The summed E-state index contributed by atoms with van der Waals surface area (Å²) in [6.07, 6.45) is 1.48. The van der Waals surface area contributed by atoms with E-state index in [-0.39, 0.29) is 0 Å². The summed E-state index contributed by atoms with van der Waals surface area (Å²) in [6.45, 7) is 1.65. The summed E-state index contributed by atoms with van der Waals surface area (Å²) < 4.78 is 14.6. The summed E-state index contributed by atoms with van der Waals surface area (Å²) in [7, 11) is -2.16. The lowest BCUT2D eigenvalue weighted by Gasteiger charge is -1.99. The second kappa shape index (κ2) is 3.02. The third-order valence-corrected chi connectivity index (χ3v) is 1.80. The molecule has 0 amide bonds. The highest BCUT2D eigenvalue weighted by atomic mass is 31.2. The van der Waals surface area contributed by atoms with Gasteiger partial charge in [-0.3, -0.25) is 4.57 Å². The Morgan fingerprint density at radius 1 is 1.75 bits per heavy atom. The molecule has 0 radical (unpaired) electrons. The molecular weight excluding hydrogens is 127 g/mol. The molecule has 0 aliphatic carbocycles. The molecule has 0 saturated carbocycles. The van der Waals surface area contributed by atoms with Crippen LogP contribution in [0.15, 0.2) is 11.9 Å². The Hall–Kier alpha value is -0.110. The molecule has 0 aromatic heterocycles. The molecule has 1 atom stereocenters. The van der Waals surface area contributed by atoms with Crippen LogP contribution in [-0.4, -0.2) is 12.0 Å². The summed E-state index contributed by atoms with van der Waals surface area (Å²) in [5, 5.41) is 0. The van der Waals surface area contributed by atoms with Crippen molar-refractivity contribution in [3.8, 4) is 0 Å². The zero-order chi connectivity index (χ0) is 6.62. The van der Waals surface area contributed by atoms with Crippen molar-refractivity contribution >= 4 is 7.60 Å². The Kier molecular flexibility index (Phi) is 2.98. The van der Waals surface area contributed by atoms with Crippen LogP contribution in [0.25, 0.3) is 0 Å². The zero-order valence-corrected chi connectivity index (χ0v) is 5.76. The summed E-state index contributed by atoms with van der Waals surface area (Å²) in [5.41, 5.74) is 0. The van der Waals surface area contributed by atoms with Crippen LogP contribution in [-0.2, 0) is 9.09 Å². The second-order valence-electron chi connectivity index (χ2n) is 1.23. The molecule has 0 saturated heterocycles. The Bertz CT molecular complexity index is 129. The normalized spacial score (nSPS) is 18.9. The highest BCUT2D eigenvalue weighted by Gasteiger charge is 2.08. The molecule has 0 rings (SSSR count). The van der Waals surface area contributed by atoms with Gasteiger partial charge < -0.3 is 9.42 Å². The molecule has 0 spiro atoms. The van der Waals surface area contributed by atoms with Gasteiger partial charge in [-0.1, -0.05) is 6.08 Å². The predicted molar refractivity (Wildman–Crippen MR) is 31.6 cm³/mol. The molecule has 8 heavy (non-hydrogen) atoms. The van der Waals surface area contributed by atoms with Crippen molar-refractivity contribution in [2.24, 2.45) is 0 Å². The summed E-state index contributed by atoms with van der Waals surface area (Å²) in [5.74, 6) is 1.13. The van der Waals surface area contributed by atoms with E-state index in [1.165, 1.54) is 13.2 Å². The van der Waals surface area contributed by atoms with Crippen LogP contribution in [0.1, 0.15) is 6.92 Å². The lowest BCUT2D eigenvalue weighted by molar-refractivity contribution is 0.327. The third kappa shape index (κ3) is 2.97. The van der Waals surface area contributed by atoms with Crippen LogP contribution in [0.4, 0.5) is 0 Å². The van der Waals surface area contributed by atoms with Crippen LogP contribution in [0.3, 0.4) is 0 Å². The SMILES string of the molecule is C/C=C\P(=O)(O)OC. The van der Waals surface area contributed by atoms with Crippen molar-refractivity contribution in [2.75, 3.05) is 7.11 Å². The molecule has 0 aromatic carbocycles. The number of rotatable bonds is 2. The van der Waals surface area contributed by atoms with Gasteiger partial charge in [-0.25, -0.2) is 0 Å². The molecule has 0 aliphatic rings. The van der Waals surface area contributed by atoms with Crippen molar-refractivity contribution in [2.45, 2.75) is 6.92 Å². The van der Waals surface area contributed by atoms with Gasteiger partial charge in [-0.15, -0.1) is 0 Å². The molecule has 0 fully saturated rings. The molecule has 0 aromatic rings. The van der Waals surface area contributed by atoms with Gasteiger partial charge in [0.1, 0.15) is 0 Å². The van der Waals surface area contributed by atoms with Crippen molar-refractivity contribution in [3.05, 3.63) is 11.9 Å². The maximum atomic E-state index is 10.4. The molecule has 48 valence electrons. The van der Waals surface area contributed by atoms with Crippen molar-refractivity contribution in [1.29, 1.82) is 0 Å². The largest absolute Gasteiger partial charge is 0.351 e. The van der Waals surface area contributed by atoms with Crippen LogP contribution >= 0.6 is 7.60 Å². The maximum Gasteiger partial charge on any atom is 0.351 e. The fourth-order valence-electron chi connectivity index (χ4n) is 0.249. The van der Waals surface area contributed by atoms with Crippen molar-refractivity contribution < 1.29 is 14.0 Å². The quantitative estimate of drug-likeness (QED) is 0.583. The van der Waals surface area contributed by atoms with E-state index in [9.17, 15) is 4.57 Å². The monoisotopic (exact) mass is 136 g/mol.